The maximum absolute atomic E-state index is 14.2. The van der Waals surface area contributed by atoms with Gasteiger partial charge in [-0.3, -0.25) is 4.79 Å². The third-order valence-corrected chi connectivity index (χ3v) is 3.88. The molecule has 0 fully saturated rings. The van der Waals surface area contributed by atoms with Gasteiger partial charge in [0.05, 0.1) is 38.6 Å². The van der Waals surface area contributed by atoms with E-state index in [1.165, 1.54) is 6.42 Å². The number of amides is 1. The van der Waals surface area contributed by atoms with Crippen LogP contribution in [0.4, 0.5) is 4.39 Å². The van der Waals surface area contributed by atoms with E-state index in [1.807, 2.05) is 0 Å². The Hall–Kier alpha value is -0.720. The molecule has 1 unspecified atom stereocenters. The molecule has 0 aliphatic heterocycles. The van der Waals surface area contributed by atoms with Crippen LogP contribution in [0, 0.1) is 11.8 Å². The molecule has 1 N–H and O–H groups in total. The fourth-order valence-electron chi connectivity index (χ4n) is 2.01. The minimum atomic E-state index is -1.28. The van der Waals surface area contributed by atoms with Crippen LogP contribution in [-0.4, -0.2) is 57.3 Å². The van der Waals surface area contributed by atoms with Crippen LogP contribution in [0.2, 0.25) is 0 Å². The van der Waals surface area contributed by atoms with Gasteiger partial charge in [0.25, 0.3) is 0 Å². The van der Waals surface area contributed by atoms with Crippen molar-refractivity contribution in [2.75, 3.05) is 39.6 Å². The van der Waals surface area contributed by atoms with Gasteiger partial charge in [-0.05, 0) is 32.6 Å². The van der Waals surface area contributed by atoms with Gasteiger partial charge in [0.1, 0.15) is 6.17 Å². The lowest BCUT2D eigenvalue weighted by Crippen LogP contribution is -2.45. The van der Waals surface area contributed by atoms with Crippen LogP contribution >= 0.6 is 0 Å². The summed E-state index contributed by atoms with van der Waals surface area (Å²) in [6, 6.07) is 0. The van der Waals surface area contributed by atoms with Gasteiger partial charge >= 0.3 is 0 Å². The molecule has 0 aromatic rings. The molecule has 25 heavy (non-hydrogen) atoms. The van der Waals surface area contributed by atoms with Crippen LogP contribution in [0.3, 0.4) is 0 Å². The van der Waals surface area contributed by atoms with E-state index in [1.54, 1.807) is 27.7 Å². The summed E-state index contributed by atoms with van der Waals surface area (Å²) >= 11 is 0. The zero-order valence-electron chi connectivity index (χ0n) is 16.9. The van der Waals surface area contributed by atoms with Crippen LogP contribution < -0.4 is 5.32 Å². The molecular formula is C19H38FNO4. The highest BCUT2D eigenvalue weighted by Crippen LogP contribution is 2.17. The van der Waals surface area contributed by atoms with Crippen molar-refractivity contribution >= 4 is 5.91 Å². The highest BCUT2D eigenvalue weighted by atomic mass is 19.1. The molecule has 1 amide bonds. The summed E-state index contributed by atoms with van der Waals surface area (Å²) in [5.74, 6) is 0.394. The normalized spacial score (nSPS) is 13.5. The quantitative estimate of drug-likeness (QED) is 0.453. The second-order valence-electron chi connectivity index (χ2n) is 7.58. The summed E-state index contributed by atoms with van der Waals surface area (Å²) in [6.07, 6.45) is 0.964. The summed E-state index contributed by atoms with van der Waals surface area (Å²) in [6.45, 7) is 13.8. The molecule has 0 saturated carbocycles. The maximum Gasteiger partial charge on any atom is 0.222 e. The Labute approximate surface area is 153 Å². The second kappa shape index (κ2) is 13.5. The Morgan fingerprint density at radius 2 is 1.56 bits per heavy atom. The van der Waals surface area contributed by atoms with Crippen molar-refractivity contribution in [1.82, 2.24) is 5.32 Å². The Morgan fingerprint density at radius 1 is 1.00 bits per heavy atom. The first kappa shape index (κ1) is 24.3. The van der Waals surface area contributed by atoms with Gasteiger partial charge in [-0.25, -0.2) is 4.39 Å². The van der Waals surface area contributed by atoms with Crippen molar-refractivity contribution in [3.05, 3.63) is 0 Å². The van der Waals surface area contributed by atoms with E-state index in [0.717, 1.165) is 13.0 Å². The zero-order valence-corrected chi connectivity index (χ0v) is 16.9. The van der Waals surface area contributed by atoms with E-state index >= 15 is 0 Å². The molecule has 0 aliphatic rings. The summed E-state index contributed by atoms with van der Waals surface area (Å²) in [7, 11) is 0. The Kier molecular flexibility index (Phi) is 13.1. The van der Waals surface area contributed by atoms with Gasteiger partial charge in [-0.2, -0.15) is 0 Å². The Balaban J connectivity index is 3.66. The predicted molar refractivity (Wildman–Crippen MR) is 98.5 cm³/mol. The largest absolute Gasteiger partial charge is 0.379 e. The molecule has 0 aliphatic carbocycles. The smallest absolute Gasteiger partial charge is 0.222 e. The van der Waals surface area contributed by atoms with Crippen LogP contribution in [0.5, 0.6) is 0 Å². The molecule has 0 heterocycles. The molecule has 0 bridgehead atoms. The number of ether oxygens (including phenoxy) is 3. The van der Waals surface area contributed by atoms with Gasteiger partial charge in [0.15, 0.2) is 0 Å². The number of carbonyl (C=O) groups excluding carboxylic acids is 1. The average Bonchev–Trinajstić information content (AvgIpc) is 2.53. The van der Waals surface area contributed by atoms with Gasteiger partial charge in [0, 0.05) is 12.5 Å². The number of hydrogen-bond donors (Lipinski definition) is 1. The molecule has 150 valence electrons. The number of nitrogens with one attached hydrogen (secondary N) is 1. The molecule has 0 aromatic heterocycles. The Morgan fingerprint density at radius 3 is 2.12 bits per heavy atom. The monoisotopic (exact) mass is 363 g/mol. The van der Waals surface area contributed by atoms with Gasteiger partial charge in [-0.15, -0.1) is 0 Å². The minimum absolute atomic E-state index is 0.0465. The third kappa shape index (κ3) is 13.2. The van der Waals surface area contributed by atoms with Crippen molar-refractivity contribution in [2.45, 2.75) is 66.2 Å². The average molecular weight is 364 g/mol. The minimum Gasteiger partial charge on any atom is -0.379 e. The van der Waals surface area contributed by atoms with Crippen molar-refractivity contribution in [1.29, 1.82) is 0 Å². The number of halogens is 1. The van der Waals surface area contributed by atoms with Gasteiger partial charge in [-0.1, -0.05) is 27.7 Å². The fourth-order valence-corrected chi connectivity index (χ4v) is 2.01. The number of hydrogen-bond acceptors (Lipinski definition) is 4. The summed E-state index contributed by atoms with van der Waals surface area (Å²) in [4.78, 5) is 11.5. The van der Waals surface area contributed by atoms with Gasteiger partial charge in [0.2, 0.25) is 5.91 Å². The van der Waals surface area contributed by atoms with E-state index in [0.29, 0.717) is 32.3 Å². The lowest BCUT2D eigenvalue weighted by Gasteiger charge is -2.29. The number of carbonyl (C=O) groups is 1. The lowest BCUT2D eigenvalue weighted by atomic mass is 10.0. The van der Waals surface area contributed by atoms with Crippen LogP contribution in [-0.2, 0) is 19.0 Å². The first-order valence-corrected chi connectivity index (χ1v) is 9.38. The van der Waals surface area contributed by atoms with Crippen LogP contribution in [0.15, 0.2) is 0 Å². The second-order valence-corrected chi connectivity index (χ2v) is 7.58. The first-order valence-electron chi connectivity index (χ1n) is 9.38. The summed E-state index contributed by atoms with van der Waals surface area (Å²) in [5, 5.41) is 2.59. The molecule has 0 saturated heterocycles. The van der Waals surface area contributed by atoms with Crippen molar-refractivity contribution < 1.29 is 23.4 Å². The van der Waals surface area contributed by atoms with E-state index in [4.69, 9.17) is 14.2 Å². The van der Waals surface area contributed by atoms with Crippen molar-refractivity contribution in [3.8, 4) is 0 Å². The van der Waals surface area contributed by atoms with Crippen molar-refractivity contribution in [2.24, 2.45) is 11.8 Å². The summed E-state index contributed by atoms with van der Waals surface area (Å²) in [5.41, 5.74) is -0.971. The van der Waals surface area contributed by atoms with Crippen LogP contribution in [0.1, 0.15) is 54.4 Å². The summed E-state index contributed by atoms with van der Waals surface area (Å²) < 4.78 is 30.7. The highest BCUT2D eigenvalue weighted by Gasteiger charge is 2.30. The highest BCUT2D eigenvalue weighted by molar-refractivity contribution is 5.77. The molecule has 0 spiro atoms. The van der Waals surface area contributed by atoms with E-state index in [9.17, 15) is 9.18 Å². The van der Waals surface area contributed by atoms with Gasteiger partial charge < -0.3 is 19.5 Å². The molecule has 1 atom stereocenters. The Bertz CT molecular complexity index is 348. The molecule has 5 nitrogen and oxygen atoms in total. The van der Waals surface area contributed by atoms with E-state index in [2.05, 4.69) is 19.2 Å². The first-order chi connectivity index (χ1) is 11.7. The van der Waals surface area contributed by atoms with Crippen LogP contribution in [0.25, 0.3) is 0 Å². The lowest BCUT2D eigenvalue weighted by molar-refractivity contribution is -0.125. The molecule has 0 aromatic carbocycles. The number of rotatable bonds is 15. The third-order valence-electron chi connectivity index (χ3n) is 3.88. The molecule has 0 radical (unpaired) electrons. The molecule has 0 rings (SSSR count). The SMILES string of the molecule is CC(C)CCCOCCOCCOC(C)(C)C(F)CNC(=O)C(C)C. The molecular weight excluding hydrogens is 325 g/mol. The van der Waals surface area contributed by atoms with E-state index in [-0.39, 0.29) is 18.4 Å². The number of alkyl halides is 1. The topological polar surface area (TPSA) is 56.8 Å². The van der Waals surface area contributed by atoms with Crippen molar-refractivity contribution in [3.63, 3.8) is 0 Å². The fraction of sp³-hybridized carbons (Fsp3) is 0.947. The standard InChI is InChI=1S/C19H38FNO4/c1-15(2)8-7-9-23-10-11-24-12-13-25-19(5,6)17(20)14-21-18(22)16(3)4/h15-17H,7-14H2,1-6H3,(H,21,22). The van der Waals surface area contributed by atoms with E-state index < -0.39 is 11.8 Å². The predicted octanol–water partition coefficient (Wildman–Crippen LogP) is 3.36. The molecule has 6 heteroatoms. The maximum atomic E-state index is 14.2. The zero-order chi connectivity index (χ0) is 19.3.